The van der Waals surface area contributed by atoms with E-state index in [9.17, 15) is 18.0 Å². The van der Waals surface area contributed by atoms with Crippen LogP contribution in [0.4, 0.5) is 13.2 Å². The van der Waals surface area contributed by atoms with Gasteiger partial charge >= 0.3 is 6.18 Å². The maximum absolute atomic E-state index is 13.8. The van der Waals surface area contributed by atoms with Crippen LogP contribution in [0, 0.1) is 0 Å². The summed E-state index contributed by atoms with van der Waals surface area (Å²) in [5.41, 5.74) is 0.136. The predicted octanol–water partition coefficient (Wildman–Crippen LogP) is 4.03. The summed E-state index contributed by atoms with van der Waals surface area (Å²) >= 11 is 3.36. The molecule has 6 nitrogen and oxygen atoms in total. The minimum Gasteiger partial charge on any atom is -0.340 e. The van der Waals surface area contributed by atoms with E-state index in [1.165, 1.54) is 0 Å². The standard InChI is InChI=1S/C22H21BrF3N5O/c23-20-17(12-19(32)30-10-9-29-8-4-7-15(29)13-30)28-31-18(22(24,25)26)11-16(27-21(20)31)14-5-2-1-3-6-14/h1-3,5-6,11,15H,4,7-10,12-13H2. The van der Waals surface area contributed by atoms with Gasteiger partial charge in [0.1, 0.15) is 0 Å². The number of hydrogen-bond donors (Lipinski definition) is 0. The molecule has 3 aromatic rings. The first-order valence-corrected chi connectivity index (χ1v) is 11.3. The van der Waals surface area contributed by atoms with Crippen LogP contribution in [0.15, 0.2) is 40.9 Å². The fraction of sp³-hybridized carbons (Fsp3) is 0.409. The molecular weight excluding hydrogens is 487 g/mol. The van der Waals surface area contributed by atoms with Crippen molar-refractivity contribution in [3.63, 3.8) is 0 Å². The number of carbonyl (C=O) groups is 1. The second-order valence-corrected chi connectivity index (χ2v) is 9.03. The number of amides is 1. The fourth-order valence-corrected chi connectivity index (χ4v) is 5.06. The molecule has 2 aliphatic heterocycles. The predicted molar refractivity (Wildman–Crippen MR) is 116 cm³/mol. The van der Waals surface area contributed by atoms with Gasteiger partial charge in [-0.1, -0.05) is 30.3 Å². The van der Waals surface area contributed by atoms with Crippen molar-refractivity contribution in [1.29, 1.82) is 0 Å². The van der Waals surface area contributed by atoms with Gasteiger partial charge in [-0.3, -0.25) is 9.69 Å². The van der Waals surface area contributed by atoms with E-state index in [2.05, 4.69) is 30.9 Å². The van der Waals surface area contributed by atoms with Crippen molar-refractivity contribution in [3.05, 3.63) is 52.3 Å². The Bertz CT molecular complexity index is 1160. The summed E-state index contributed by atoms with van der Waals surface area (Å²) < 4.78 is 42.6. The van der Waals surface area contributed by atoms with Crippen molar-refractivity contribution >= 4 is 27.5 Å². The van der Waals surface area contributed by atoms with Gasteiger partial charge in [0.15, 0.2) is 11.3 Å². The third-order valence-corrected chi connectivity index (χ3v) is 7.03. The molecule has 1 atom stereocenters. The van der Waals surface area contributed by atoms with Crippen molar-refractivity contribution < 1.29 is 18.0 Å². The van der Waals surface area contributed by atoms with E-state index >= 15 is 0 Å². The minimum atomic E-state index is -4.63. The highest BCUT2D eigenvalue weighted by atomic mass is 79.9. The molecule has 0 saturated carbocycles. The Labute approximate surface area is 191 Å². The summed E-state index contributed by atoms with van der Waals surface area (Å²) in [7, 11) is 0. The Hall–Kier alpha value is -2.46. The van der Waals surface area contributed by atoms with E-state index in [-0.39, 0.29) is 29.4 Å². The highest BCUT2D eigenvalue weighted by molar-refractivity contribution is 9.10. The van der Waals surface area contributed by atoms with Crippen LogP contribution < -0.4 is 0 Å². The normalized spacial score (nSPS) is 19.5. The van der Waals surface area contributed by atoms with Gasteiger partial charge in [-0.05, 0) is 41.4 Å². The summed E-state index contributed by atoms with van der Waals surface area (Å²) in [6.45, 7) is 3.20. The molecule has 168 valence electrons. The smallest absolute Gasteiger partial charge is 0.340 e. The number of rotatable bonds is 3. The average Bonchev–Trinajstić information content (AvgIpc) is 3.37. The topological polar surface area (TPSA) is 53.7 Å². The summed E-state index contributed by atoms with van der Waals surface area (Å²) in [5.74, 6) is -0.127. The number of hydrogen-bond acceptors (Lipinski definition) is 4. The highest BCUT2D eigenvalue weighted by Crippen LogP contribution is 2.35. The Kier molecular flexibility index (Phi) is 5.45. The van der Waals surface area contributed by atoms with Gasteiger partial charge in [-0.25, -0.2) is 9.50 Å². The zero-order valence-electron chi connectivity index (χ0n) is 17.1. The van der Waals surface area contributed by atoms with Crippen LogP contribution in [-0.2, 0) is 17.4 Å². The van der Waals surface area contributed by atoms with Crippen LogP contribution >= 0.6 is 15.9 Å². The molecule has 2 saturated heterocycles. The number of fused-ring (bicyclic) bond motifs is 2. The molecule has 1 unspecified atom stereocenters. The fourth-order valence-electron chi connectivity index (χ4n) is 4.58. The second-order valence-electron chi connectivity index (χ2n) is 8.24. The van der Waals surface area contributed by atoms with Crippen molar-refractivity contribution in [2.75, 3.05) is 26.2 Å². The van der Waals surface area contributed by atoms with Crippen LogP contribution in [0.25, 0.3) is 16.9 Å². The monoisotopic (exact) mass is 507 g/mol. The van der Waals surface area contributed by atoms with Crippen molar-refractivity contribution in [1.82, 2.24) is 24.4 Å². The van der Waals surface area contributed by atoms with Gasteiger partial charge in [0.25, 0.3) is 0 Å². The molecule has 1 amide bonds. The van der Waals surface area contributed by atoms with Crippen molar-refractivity contribution in [2.45, 2.75) is 31.5 Å². The molecule has 2 aromatic heterocycles. The molecule has 2 aliphatic rings. The summed E-state index contributed by atoms with van der Waals surface area (Å²) in [6, 6.07) is 10.1. The van der Waals surface area contributed by atoms with Gasteiger partial charge in [0.2, 0.25) is 5.91 Å². The summed E-state index contributed by atoms with van der Waals surface area (Å²) in [6.07, 6.45) is -2.49. The summed E-state index contributed by atoms with van der Waals surface area (Å²) in [4.78, 5) is 21.6. The molecule has 32 heavy (non-hydrogen) atoms. The van der Waals surface area contributed by atoms with Gasteiger partial charge in [0, 0.05) is 31.2 Å². The minimum absolute atomic E-state index is 0.0436. The lowest BCUT2D eigenvalue weighted by atomic mass is 10.1. The van der Waals surface area contributed by atoms with E-state index < -0.39 is 11.9 Å². The zero-order chi connectivity index (χ0) is 22.5. The maximum atomic E-state index is 13.8. The Morgan fingerprint density at radius 1 is 1.16 bits per heavy atom. The van der Waals surface area contributed by atoms with E-state index in [1.54, 1.807) is 35.2 Å². The maximum Gasteiger partial charge on any atom is 0.433 e. The lowest BCUT2D eigenvalue weighted by Crippen LogP contribution is -2.52. The van der Waals surface area contributed by atoms with Crippen molar-refractivity contribution in [3.8, 4) is 11.3 Å². The SMILES string of the molecule is O=C(Cc1nn2c(C(F)(F)F)cc(-c3ccccc3)nc2c1Br)N1CCN2CCCC2C1. The van der Waals surface area contributed by atoms with Gasteiger partial charge in [0.05, 0.1) is 22.3 Å². The number of carbonyl (C=O) groups excluding carboxylic acids is 1. The Balaban J connectivity index is 1.49. The molecule has 10 heteroatoms. The molecule has 0 N–H and O–H groups in total. The third kappa shape index (κ3) is 3.90. The van der Waals surface area contributed by atoms with Crippen LogP contribution in [0.1, 0.15) is 24.2 Å². The quantitative estimate of drug-likeness (QED) is 0.537. The average molecular weight is 508 g/mol. The Morgan fingerprint density at radius 2 is 1.94 bits per heavy atom. The van der Waals surface area contributed by atoms with Crippen LogP contribution in [0.5, 0.6) is 0 Å². The molecule has 1 aromatic carbocycles. The Morgan fingerprint density at radius 3 is 2.69 bits per heavy atom. The third-order valence-electron chi connectivity index (χ3n) is 6.22. The summed E-state index contributed by atoms with van der Waals surface area (Å²) in [5, 5.41) is 4.14. The number of alkyl halides is 3. The van der Waals surface area contributed by atoms with Crippen LogP contribution in [0.2, 0.25) is 0 Å². The molecule has 0 radical (unpaired) electrons. The van der Waals surface area contributed by atoms with E-state index in [4.69, 9.17) is 0 Å². The van der Waals surface area contributed by atoms with Crippen molar-refractivity contribution in [2.24, 2.45) is 0 Å². The first-order chi connectivity index (χ1) is 15.3. The largest absolute Gasteiger partial charge is 0.433 e. The molecule has 2 fully saturated rings. The zero-order valence-corrected chi connectivity index (χ0v) is 18.7. The van der Waals surface area contributed by atoms with Gasteiger partial charge in [-0.15, -0.1) is 0 Å². The van der Waals surface area contributed by atoms with Crippen LogP contribution in [0.3, 0.4) is 0 Å². The number of nitrogens with zero attached hydrogens (tertiary/aromatic N) is 5. The molecule has 0 bridgehead atoms. The van der Waals surface area contributed by atoms with E-state index in [0.29, 0.717) is 29.2 Å². The first-order valence-electron chi connectivity index (χ1n) is 10.5. The molecule has 4 heterocycles. The molecule has 0 aliphatic carbocycles. The highest BCUT2D eigenvalue weighted by Gasteiger charge is 2.37. The van der Waals surface area contributed by atoms with Crippen LogP contribution in [-0.4, -0.2) is 62.5 Å². The van der Waals surface area contributed by atoms with E-state index in [0.717, 1.165) is 36.5 Å². The molecular formula is C22H21BrF3N5O. The number of halogens is 4. The number of aromatic nitrogens is 3. The lowest BCUT2D eigenvalue weighted by Gasteiger charge is -2.37. The lowest BCUT2D eigenvalue weighted by molar-refractivity contribution is -0.142. The first kappa shape index (κ1) is 21.4. The van der Waals surface area contributed by atoms with Gasteiger partial charge < -0.3 is 4.90 Å². The van der Waals surface area contributed by atoms with E-state index in [1.807, 2.05) is 0 Å². The van der Waals surface area contributed by atoms with Gasteiger partial charge in [-0.2, -0.15) is 18.3 Å². The number of piperazine rings is 1. The number of benzene rings is 1. The second kappa shape index (κ2) is 8.15. The molecule has 0 spiro atoms. The molecule has 5 rings (SSSR count).